The van der Waals surface area contributed by atoms with Crippen LogP contribution in [0.5, 0.6) is 11.5 Å². The number of benzene rings is 2. The van der Waals surface area contributed by atoms with Crippen molar-refractivity contribution in [3.05, 3.63) is 59.2 Å². The summed E-state index contributed by atoms with van der Waals surface area (Å²) in [5, 5.41) is 0. The summed E-state index contributed by atoms with van der Waals surface area (Å²) >= 11 is 0. The largest absolute Gasteiger partial charge is 0.483 e. The Hall–Kier alpha value is -4.50. The number of hydrogen-bond donors (Lipinski definition) is 0. The summed E-state index contributed by atoms with van der Waals surface area (Å²) in [6.45, 7) is 3.04. The minimum atomic E-state index is -0.491. The van der Waals surface area contributed by atoms with Crippen molar-refractivity contribution in [1.82, 2.24) is 19.6 Å². The van der Waals surface area contributed by atoms with Gasteiger partial charge in [0.15, 0.2) is 13.2 Å². The van der Waals surface area contributed by atoms with Gasteiger partial charge in [-0.25, -0.2) is 9.98 Å². The van der Waals surface area contributed by atoms with Gasteiger partial charge in [0.1, 0.15) is 11.5 Å². The molecule has 10 aliphatic rings. The molecule has 14 nitrogen and oxygen atoms in total. The van der Waals surface area contributed by atoms with Crippen molar-refractivity contribution < 1.29 is 38.1 Å². The van der Waals surface area contributed by atoms with Gasteiger partial charge < -0.3 is 28.7 Å². The second-order valence-electron chi connectivity index (χ2n) is 20.0. The normalized spacial score (nSPS) is 33.9. The van der Waals surface area contributed by atoms with Gasteiger partial charge in [-0.1, -0.05) is 30.3 Å². The number of hydrogen-bond acceptors (Lipinski definition) is 10. The van der Waals surface area contributed by atoms with Crippen molar-refractivity contribution in [3.8, 4) is 11.5 Å². The summed E-state index contributed by atoms with van der Waals surface area (Å²) in [6.07, 6.45) is 11.9. The SMILES string of the molecule is CN1CCCC1C(=O)N=C1CCCN2C(=O)COc3ccc(C4CC(=NC(=O)C5CCN5C)C5COC6CCC(CC6)c6ccccc6OCC(=O)N5C4)cc3C3CCC(CC3)OCC12. The van der Waals surface area contributed by atoms with Gasteiger partial charge in [0.2, 0.25) is 0 Å². The van der Waals surface area contributed by atoms with Crippen LogP contribution in [-0.2, 0) is 28.7 Å². The highest BCUT2D eigenvalue weighted by atomic mass is 16.5. The quantitative estimate of drug-likeness (QED) is 0.379. The van der Waals surface area contributed by atoms with E-state index in [0.717, 1.165) is 118 Å². The van der Waals surface area contributed by atoms with Crippen molar-refractivity contribution in [1.29, 1.82) is 0 Å². The molecule has 348 valence electrons. The van der Waals surface area contributed by atoms with E-state index in [9.17, 15) is 19.2 Å². The molecule has 0 radical (unpaired) electrons. The lowest BCUT2D eigenvalue weighted by molar-refractivity contribution is -0.137. The molecular formula is C51H66N6O8. The van der Waals surface area contributed by atoms with Gasteiger partial charge >= 0.3 is 0 Å². The summed E-state index contributed by atoms with van der Waals surface area (Å²) in [6, 6.07) is 13.0. The molecule has 4 saturated heterocycles. The van der Waals surface area contributed by atoms with Gasteiger partial charge in [0.05, 0.1) is 49.6 Å². The minimum absolute atomic E-state index is 0.0355. The molecule has 4 bridgehead atoms. The fourth-order valence-corrected chi connectivity index (χ4v) is 12.0. The Kier molecular flexibility index (Phi) is 13.2. The molecule has 2 aromatic rings. The van der Waals surface area contributed by atoms with E-state index in [4.69, 9.17) is 28.9 Å². The second-order valence-corrected chi connectivity index (χ2v) is 20.0. The standard InChI is InChI=1S/C51H66N6O8/c1-54-22-6-9-42(54)50(60)52-40-8-5-23-56-44(40)28-62-37-18-13-33(14-19-37)39-25-34(15-20-47(39)65-30-48(56)58)35-26-41(53-51(61)43-21-24-55(43)2)45-29-63-36-16-11-32(12-17-36)38-7-3-4-10-46(38)64-31-49(59)57(45)27-35/h3-4,7,10,15,20,25,32-33,35-37,42-45H,5-6,8-9,11-14,16-19,21-24,26-31H2,1-2H3. The van der Waals surface area contributed by atoms with E-state index in [2.05, 4.69) is 23.1 Å². The lowest BCUT2D eigenvalue weighted by Gasteiger charge is -2.42. The highest BCUT2D eigenvalue weighted by Gasteiger charge is 2.42. The van der Waals surface area contributed by atoms with Crippen LogP contribution in [0.4, 0.5) is 0 Å². The molecule has 12 rings (SSSR count). The molecule has 2 saturated carbocycles. The average molecular weight is 891 g/mol. The minimum Gasteiger partial charge on any atom is -0.483 e. The summed E-state index contributed by atoms with van der Waals surface area (Å²) in [5.74, 6) is 1.23. The fourth-order valence-electron chi connectivity index (χ4n) is 12.0. The Morgan fingerprint density at radius 3 is 1.85 bits per heavy atom. The third-order valence-corrected chi connectivity index (χ3v) is 16.1. The van der Waals surface area contributed by atoms with E-state index in [0.29, 0.717) is 49.9 Å². The smallest absolute Gasteiger partial charge is 0.263 e. The van der Waals surface area contributed by atoms with Crippen molar-refractivity contribution in [2.75, 3.05) is 66.7 Å². The van der Waals surface area contributed by atoms with Crippen LogP contribution in [-0.4, -0.2) is 158 Å². The van der Waals surface area contributed by atoms with Crippen molar-refractivity contribution in [3.63, 3.8) is 0 Å². The molecule has 0 N–H and O–H groups in total. The molecule has 5 unspecified atom stereocenters. The Morgan fingerprint density at radius 1 is 0.600 bits per heavy atom. The molecule has 14 heteroatoms. The van der Waals surface area contributed by atoms with Crippen LogP contribution >= 0.6 is 0 Å². The number of carbonyl (C=O) groups excluding carboxylic acids is 4. The van der Waals surface area contributed by atoms with Crippen LogP contribution in [0.25, 0.3) is 0 Å². The number of piperidine rings is 2. The lowest BCUT2D eigenvalue weighted by Crippen LogP contribution is -2.56. The molecule has 4 amide bonds. The molecule has 8 heterocycles. The van der Waals surface area contributed by atoms with Gasteiger partial charge in [-0.15, -0.1) is 0 Å². The monoisotopic (exact) mass is 890 g/mol. The number of likely N-dealkylation sites (N-methyl/N-ethyl adjacent to an activating group) is 2. The van der Waals surface area contributed by atoms with Crippen LogP contribution in [0.15, 0.2) is 52.4 Å². The summed E-state index contributed by atoms with van der Waals surface area (Å²) in [7, 11) is 3.93. The van der Waals surface area contributed by atoms with Crippen molar-refractivity contribution in [2.45, 2.75) is 144 Å². The lowest BCUT2D eigenvalue weighted by atomic mass is 9.79. The maximum Gasteiger partial charge on any atom is 0.263 e. The fraction of sp³-hybridized carbons (Fsp3) is 0.647. The van der Waals surface area contributed by atoms with E-state index in [1.807, 2.05) is 53.1 Å². The van der Waals surface area contributed by atoms with Crippen LogP contribution < -0.4 is 9.47 Å². The Bertz CT molecular complexity index is 2180. The third kappa shape index (κ3) is 9.42. The number of nitrogens with zero attached hydrogens (tertiary/aromatic N) is 6. The molecule has 0 spiro atoms. The number of aliphatic imine (C=N–C) groups is 2. The average Bonchev–Trinajstić information content (AvgIpc) is 3.77. The van der Waals surface area contributed by atoms with Crippen LogP contribution in [0.2, 0.25) is 0 Å². The van der Waals surface area contributed by atoms with Crippen LogP contribution in [0.3, 0.4) is 0 Å². The number of likely N-dealkylation sites (tertiary alicyclic amines) is 2. The molecular weight excluding hydrogens is 825 g/mol. The maximum absolute atomic E-state index is 14.6. The van der Waals surface area contributed by atoms with Gasteiger partial charge in [0, 0.05) is 37.0 Å². The first-order valence-electron chi connectivity index (χ1n) is 24.6. The first-order valence-corrected chi connectivity index (χ1v) is 24.6. The summed E-state index contributed by atoms with van der Waals surface area (Å²) < 4.78 is 26.2. The summed E-state index contributed by atoms with van der Waals surface area (Å²) in [5.41, 5.74) is 4.67. The Labute approximate surface area is 383 Å². The van der Waals surface area contributed by atoms with Gasteiger partial charge in [-0.3, -0.25) is 29.0 Å². The zero-order valence-corrected chi connectivity index (χ0v) is 38.2. The predicted molar refractivity (Wildman–Crippen MR) is 245 cm³/mol. The van der Waals surface area contributed by atoms with E-state index in [1.165, 1.54) is 0 Å². The second kappa shape index (κ2) is 19.4. The van der Waals surface area contributed by atoms with E-state index in [1.54, 1.807) is 0 Å². The van der Waals surface area contributed by atoms with Crippen LogP contribution in [0.1, 0.15) is 124 Å². The third-order valence-electron chi connectivity index (χ3n) is 16.1. The molecule has 65 heavy (non-hydrogen) atoms. The maximum atomic E-state index is 14.6. The van der Waals surface area contributed by atoms with Crippen LogP contribution in [0, 0.1) is 0 Å². The molecule has 0 aromatic heterocycles. The predicted octanol–water partition coefficient (Wildman–Crippen LogP) is 5.67. The van der Waals surface area contributed by atoms with Gasteiger partial charge in [0.25, 0.3) is 23.6 Å². The zero-order chi connectivity index (χ0) is 44.6. The van der Waals surface area contributed by atoms with E-state index < -0.39 is 12.1 Å². The van der Waals surface area contributed by atoms with E-state index >= 15 is 0 Å². The number of rotatable bonds is 3. The first kappa shape index (κ1) is 44.3. The molecule has 2 aliphatic carbocycles. The Balaban J connectivity index is 0.940. The molecule has 8 aliphatic heterocycles. The number of carbonyl (C=O) groups is 4. The number of fused-ring (bicyclic) bond motifs is 10. The van der Waals surface area contributed by atoms with Gasteiger partial charge in [-0.2, -0.15) is 0 Å². The number of para-hydroxylation sites is 1. The molecule has 5 atom stereocenters. The highest BCUT2D eigenvalue weighted by Crippen LogP contribution is 2.43. The van der Waals surface area contributed by atoms with Crippen molar-refractivity contribution in [2.24, 2.45) is 9.98 Å². The summed E-state index contributed by atoms with van der Waals surface area (Å²) in [4.78, 5) is 73.3. The number of amides is 4. The topological polar surface area (TPSA) is 143 Å². The highest BCUT2D eigenvalue weighted by molar-refractivity contribution is 6.04. The van der Waals surface area contributed by atoms with E-state index in [-0.39, 0.29) is 79.6 Å². The van der Waals surface area contributed by atoms with Gasteiger partial charge in [-0.05, 0) is 151 Å². The first-order chi connectivity index (χ1) is 31.7. The molecule has 6 fully saturated rings. The molecule has 2 aromatic carbocycles. The Morgan fingerprint density at radius 2 is 1.20 bits per heavy atom. The zero-order valence-electron chi connectivity index (χ0n) is 38.2. The van der Waals surface area contributed by atoms with Crippen molar-refractivity contribution >= 4 is 35.1 Å². The number of ether oxygens (including phenoxy) is 4.